The summed E-state index contributed by atoms with van der Waals surface area (Å²) in [6.07, 6.45) is 0. The molecule has 0 saturated heterocycles. The van der Waals surface area contributed by atoms with E-state index in [1.165, 1.54) is 0 Å². The Balaban J connectivity index is -0.0000000405. The zero-order valence-corrected chi connectivity index (χ0v) is 18.8. The molecule has 0 saturated carbocycles. The summed E-state index contributed by atoms with van der Waals surface area (Å²) in [5.74, 6) is 0. The Morgan fingerprint density at radius 1 is 0.800 bits per heavy atom. The second-order valence-corrected chi connectivity index (χ2v) is 4.83. The van der Waals surface area contributed by atoms with Gasteiger partial charge in [-0.1, -0.05) is 6.58 Å². The molecule has 0 aromatic carbocycles. The van der Waals surface area contributed by atoms with Gasteiger partial charge in [0, 0.05) is 0 Å². The van der Waals surface area contributed by atoms with Gasteiger partial charge >= 0.3 is 118 Å². The van der Waals surface area contributed by atoms with Crippen molar-refractivity contribution in [1.82, 2.24) is 0 Å². The first kappa shape index (κ1) is 36.4. The van der Waals surface area contributed by atoms with Crippen LogP contribution in [0.2, 0.25) is 0 Å². The van der Waals surface area contributed by atoms with Crippen LogP contribution in [0.25, 0.3) is 0 Å². The molecule has 0 aromatic heterocycles. The van der Waals surface area contributed by atoms with Crippen LogP contribution in [-0.2, 0) is 9.13 Å². The Hall–Kier alpha value is 4.00. The van der Waals surface area contributed by atoms with Gasteiger partial charge in [0.15, 0.2) is 0 Å². The van der Waals surface area contributed by atoms with Crippen LogP contribution < -0.4 is 138 Å². The van der Waals surface area contributed by atoms with Crippen molar-refractivity contribution in [3.8, 4) is 0 Å². The quantitative estimate of drug-likeness (QED) is 0.363. The van der Waals surface area contributed by atoms with Gasteiger partial charge in [0.25, 0.3) is 0 Å². The van der Waals surface area contributed by atoms with Gasteiger partial charge in [0.2, 0.25) is 0 Å². The van der Waals surface area contributed by atoms with Crippen molar-refractivity contribution in [3.05, 3.63) is 11.6 Å². The molecule has 0 spiro atoms. The summed E-state index contributed by atoms with van der Waals surface area (Å²) in [6.45, 7) is 2.32. The molecule has 13 heteroatoms. The van der Waals surface area contributed by atoms with Crippen LogP contribution in [0, 0.1) is 0 Å². The van der Waals surface area contributed by atoms with E-state index in [1.54, 1.807) is 0 Å². The maximum Gasteiger partial charge on any atom is 1.00 e. The van der Waals surface area contributed by atoms with Crippen molar-refractivity contribution in [3.63, 3.8) is 0 Å². The van der Waals surface area contributed by atoms with Crippen LogP contribution in [0.4, 0.5) is 0 Å². The first-order chi connectivity index (χ1) is 4.15. The Morgan fingerprint density at radius 3 is 0.933 bits per heavy atom. The fraction of sp³-hybridized carbons (Fsp3) is 0. The van der Waals surface area contributed by atoms with Crippen molar-refractivity contribution < 1.29 is 152 Å². The van der Waals surface area contributed by atoms with Crippen LogP contribution in [-0.4, -0.2) is 5.48 Å². The minimum Gasteiger partial charge on any atom is -0.807 e. The van der Waals surface area contributed by atoms with Gasteiger partial charge in [-0.2, -0.15) is 0 Å². The fourth-order valence-corrected chi connectivity index (χ4v) is 1.35. The van der Waals surface area contributed by atoms with E-state index < -0.39 is 20.2 Å². The van der Waals surface area contributed by atoms with Crippen LogP contribution in [0.5, 0.6) is 0 Å². The molecule has 0 aromatic rings. The monoisotopic (exact) mass is 294 g/mol. The van der Waals surface area contributed by atoms with E-state index in [4.69, 9.17) is 0 Å². The van der Waals surface area contributed by atoms with Crippen LogP contribution in [0.15, 0.2) is 11.6 Å². The molecule has 2 N–H and O–H groups in total. The molecule has 0 aliphatic carbocycles. The van der Waals surface area contributed by atoms with E-state index in [1.807, 2.05) is 0 Å². The summed E-state index contributed by atoms with van der Waals surface area (Å²) in [6, 6.07) is 0. The smallest absolute Gasteiger partial charge is 0.807 e. The summed E-state index contributed by atoms with van der Waals surface area (Å²) in [5.41, 5.74) is 0. The second-order valence-electron chi connectivity index (χ2n) is 1.41. The molecule has 0 aliphatic rings. The Labute approximate surface area is 176 Å². The largest absolute Gasteiger partial charge is 1.00 e. The van der Waals surface area contributed by atoms with Crippen LogP contribution in [0.1, 0.15) is 0 Å². The van der Waals surface area contributed by atoms with E-state index in [0.29, 0.717) is 0 Å². The van der Waals surface area contributed by atoms with Gasteiger partial charge in [0.1, 0.15) is 0 Å². The Kier molecular flexibility index (Phi) is 35.0. The molecule has 7 nitrogen and oxygen atoms in total. The molecule has 0 bridgehead atoms. The molecule has 0 fully saturated rings. The van der Waals surface area contributed by atoms with E-state index in [-0.39, 0.29) is 124 Å². The Morgan fingerprint density at radius 2 is 0.933 bits per heavy atom. The second kappa shape index (κ2) is 14.4. The van der Waals surface area contributed by atoms with Gasteiger partial charge in [-0.25, -0.2) is 0 Å². The molecule has 0 unspecified atom stereocenters. The molecule has 0 aliphatic heterocycles. The molecular weight excluding hydrogens is 290 g/mol. The number of hydrogen-bond donors (Lipinski definition) is 0. The topological polar surface area (TPSA) is 158 Å². The van der Waals surface area contributed by atoms with Crippen molar-refractivity contribution in [2.45, 2.75) is 0 Å². The third-order valence-electron chi connectivity index (χ3n) is 0.632. The summed E-state index contributed by atoms with van der Waals surface area (Å²) < 4.78 is 19.6. The maximum atomic E-state index is 9.78. The summed E-state index contributed by atoms with van der Waals surface area (Å²) in [4.78, 5) is 39.1. The minimum absolute atomic E-state index is 0. The molecule has 0 radical (unpaired) electrons. The molecule has 0 atom stereocenters. The first-order valence-corrected chi connectivity index (χ1v) is 4.98. The minimum atomic E-state index is -5.46. The van der Waals surface area contributed by atoms with E-state index in [2.05, 4.69) is 6.58 Å². The van der Waals surface area contributed by atoms with Crippen LogP contribution in [0.3, 0.4) is 0 Å². The third-order valence-corrected chi connectivity index (χ3v) is 3.37. The molecule has 15 heavy (non-hydrogen) atoms. The summed E-state index contributed by atoms with van der Waals surface area (Å²) in [5, 5.41) is -1.79. The van der Waals surface area contributed by atoms with Gasteiger partial charge in [-0.05, 0) is 20.2 Å². The normalized spacial score (nSPS) is 8.80. The van der Waals surface area contributed by atoms with Crippen LogP contribution >= 0.6 is 15.2 Å². The predicted octanol–water partition coefficient (Wildman–Crippen LogP) is -15.5. The summed E-state index contributed by atoms with van der Waals surface area (Å²) >= 11 is 0. The van der Waals surface area contributed by atoms with Gasteiger partial charge < -0.3 is 34.2 Å². The fourth-order valence-electron chi connectivity index (χ4n) is 0.150. The number of hydrogen-bond acceptors (Lipinski definition) is 6. The first-order valence-electron chi connectivity index (χ1n) is 1.90. The Bertz CT molecular complexity index is 219. The number of rotatable bonds is 2. The van der Waals surface area contributed by atoms with Crippen molar-refractivity contribution in [1.29, 1.82) is 0 Å². The van der Waals surface area contributed by atoms with E-state index in [0.717, 1.165) is 0 Å². The van der Waals surface area contributed by atoms with E-state index >= 15 is 0 Å². The predicted molar refractivity (Wildman–Crippen MR) is 28.0 cm³/mol. The van der Waals surface area contributed by atoms with E-state index in [9.17, 15) is 28.7 Å². The van der Waals surface area contributed by atoms with Crippen molar-refractivity contribution >= 4 is 15.2 Å². The standard InChI is InChI=1S/C2H6O6P2.4Na.H2O/c1-2(9(3,4)5)10(6,7)8;;;;;/h1H2,(H2,3,4,5)(H2,6,7,8);;;;;1H2/q;4*+1;/p-4. The van der Waals surface area contributed by atoms with Gasteiger partial charge in [-0.15, -0.1) is 0 Å². The van der Waals surface area contributed by atoms with Gasteiger partial charge in [0.05, 0.1) is 0 Å². The van der Waals surface area contributed by atoms with Gasteiger partial charge in [-0.3, -0.25) is 0 Å². The summed E-state index contributed by atoms with van der Waals surface area (Å²) in [7, 11) is -10.9. The molecule has 0 rings (SSSR count). The maximum absolute atomic E-state index is 9.78. The molecular formula is C2H4Na4O7P2. The molecule has 0 amide bonds. The SMILES string of the molecule is C=C(P(=O)([O-])[O-])P(=O)([O-])[O-].O.[Na+].[Na+].[Na+].[Na+]. The third kappa shape index (κ3) is 18.0. The van der Waals surface area contributed by atoms with Crippen molar-refractivity contribution in [2.24, 2.45) is 0 Å². The molecule has 68 valence electrons. The zero-order chi connectivity index (χ0) is 8.58. The average molecular weight is 294 g/mol. The average Bonchev–Trinajstić information content (AvgIpc) is 1.59. The molecule has 0 heterocycles. The van der Waals surface area contributed by atoms with Crippen molar-refractivity contribution in [2.75, 3.05) is 0 Å². The zero-order valence-electron chi connectivity index (χ0n) is 9.05.